The molecule has 0 spiro atoms. The lowest BCUT2D eigenvalue weighted by atomic mass is 10.0. The number of aliphatic carboxylic acids is 2. The SMILES string of the molecule is [2H]C([2H])([2H])[13C]1(C([2H])([2H])[2H])S[C@@H]2[C@H](NC(=O)CCC[C@@H](N)C(=O)O)CN2[C@@]1([2H])C(=O)O. The summed E-state index contributed by atoms with van der Waals surface area (Å²) in [4.78, 5) is 35.7. The first-order chi connectivity index (χ1) is 13.5. The number of carboxylic acid groups (broad SMARTS) is 2. The number of nitrogens with zero attached hydrogens (tertiary/aromatic N) is 1. The van der Waals surface area contributed by atoms with Crippen LogP contribution in [0.15, 0.2) is 0 Å². The molecule has 4 atom stereocenters. The molecule has 2 heterocycles. The maximum atomic E-state index is 12.1. The van der Waals surface area contributed by atoms with E-state index in [1.54, 1.807) is 0 Å². The Balaban J connectivity index is 2.17. The summed E-state index contributed by atoms with van der Waals surface area (Å²) in [6.45, 7) is -6.81. The monoisotopic (exact) mass is 353 g/mol. The smallest absolute Gasteiger partial charge is 0.322 e. The van der Waals surface area contributed by atoms with Crippen LogP contribution in [0.3, 0.4) is 0 Å². The van der Waals surface area contributed by atoms with Crippen LogP contribution in [-0.4, -0.2) is 67.7 Å². The number of hydrogen-bond acceptors (Lipinski definition) is 6. The Morgan fingerprint density at radius 3 is 2.78 bits per heavy atom. The van der Waals surface area contributed by atoms with Gasteiger partial charge in [0.05, 0.1) is 12.8 Å². The lowest BCUT2D eigenvalue weighted by Crippen LogP contribution is -2.66. The second-order valence-electron chi connectivity index (χ2n) is 5.51. The Morgan fingerprint density at radius 1 is 1.52 bits per heavy atom. The maximum Gasteiger partial charge on any atom is 0.322 e. The highest BCUT2D eigenvalue weighted by Crippen LogP contribution is 2.50. The van der Waals surface area contributed by atoms with E-state index >= 15 is 0 Å². The Labute approximate surface area is 148 Å². The van der Waals surface area contributed by atoms with Gasteiger partial charge in [0, 0.05) is 25.9 Å². The minimum atomic E-state index is -3.30. The largest absolute Gasteiger partial charge is 0.480 e. The molecule has 0 aromatic carbocycles. The first-order valence-electron chi connectivity index (χ1n) is 10.5. The van der Waals surface area contributed by atoms with Crippen LogP contribution < -0.4 is 11.1 Å². The molecule has 8 nitrogen and oxygen atoms in total. The number of thioether (sulfide) groups is 1. The number of amides is 1. The van der Waals surface area contributed by atoms with E-state index in [1.165, 1.54) is 0 Å². The highest BCUT2D eigenvalue weighted by molar-refractivity contribution is 8.01. The van der Waals surface area contributed by atoms with Gasteiger partial charge in [-0.15, -0.1) is 11.8 Å². The number of fused-ring (bicyclic) bond motifs is 1. The van der Waals surface area contributed by atoms with E-state index in [9.17, 15) is 19.5 Å². The van der Waals surface area contributed by atoms with E-state index in [0.29, 0.717) is 11.8 Å². The van der Waals surface area contributed by atoms with Gasteiger partial charge in [-0.1, -0.05) is 0 Å². The van der Waals surface area contributed by atoms with Crippen molar-refractivity contribution in [1.29, 1.82) is 0 Å². The zero-order chi connectivity index (χ0) is 23.3. The first-order valence-corrected chi connectivity index (χ1v) is 7.84. The van der Waals surface area contributed by atoms with Crippen molar-refractivity contribution < 1.29 is 34.2 Å². The average molecular weight is 353 g/mol. The molecule has 23 heavy (non-hydrogen) atoms. The second-order valence-corrected chi connectivity index (χ2v) is 6.84. The Hall–Kier alpha value is -1.32. The van der Waals surface area contributed by atoms with Crippen LogP contribution in [0.4, 0.5) is 0 Å². The number of nitrogens with one attached hydrogen (secondary N) is 1. The number of hydrogen-bond donors (Lipinski definition) is 4. The molecular weight excluding hydrogens is 323 g/mol. The van der Waals surface area contributed by atoms with Gasteiger partial charge in [-0.2, -0.15) is 0 Å². The summed E-state index contributed by atoms with van der Waals surface area (Å²) < 4.78 is 52.0. The predicted octanol–water partition coefficient (Wildman–Crippen LogP) is -0.326. The van der Waals surface area contributed by atoms with Crippen LogP contribution in [0, 0.1) is 0 Å². The molecule has 9 heteroatoms. The fourth-order valence-corrected chi connectivity index (χ4v) is 3.88. The summed E-state index contributed by atoms with van der Waals surface area (Å²) in [5.74, 6) is -3.58. The third-order valence-electron chi connectivity index (χ3n) is 3.75. The van der Waals surface area contributed by atoms with Crippen molar-refractivity contribution in [3.63, 3.8) is 0 Å². The molecule has 2 fully saturated rings. The molecule has 0 aromatic heterocycles. The summed E-state index contributed by atoms with van der Waals surface area (Å²) in [7, 11) is 0. The third kappa shape index (κ3) is 3.78. The minimum Gasteiger partial charge on any atom is -0.480 e. The quantitative estimate of drug-likeness (QED) is 0.458. The van der Waals surface area contributed by atoms with E-state index in [4.69, 9.17) is 20.4 Å². The van der Waals surface area contributed by atoms with Crippen molar-refractivity contribution in [3.05, 3.63) is 0 Å². The molecule has 0 radical (unpaired) electrons. The molecule has 2 aliphatic rings. The van der Waals surface area contributed by atoms with Gasteiger partial charge in [0.1, 0.15) is 12.1 Å². The van der Waals surface area contributed by atoms with E-state index in [-0.39, 0.29) is 25.8 Å². The van der Waals surface area contributed by atoms with Crippen molar-refractivity contribution in [1.82, 2.24) is 10.2 Å². The summed E-state index contributed by atoms with van der Waals surface area (Å²) in [5.41, 5.74) is 5.36. The molecule has 0 aromatic rings. The molecule has 130 valence electrons. The van der Waals surface area contributed by atoms with Gasteiger partial charge in [-0.05, 0) is 26.5 Å². The Bertz CT molecular complexity index is 720. The van der Waals surface area contributed by atoms with E-state index in [0.717, 1.165) is 4.90 Å². The zero-order valence-corrected chi connectivity index (χ0v) is 12.9. The molecule has 2 saturated heterocycles. The number of carbonyl (C=O) groups excluding carboxylic acids is 1. The normalized spacial score (nSPS) is 38.9. The summed E-state index contributed by atoms with van der Waals surface area (Å²) in [5, 5.41) is 19.9. The number of carboxylic acids is 2. The molecule has 0 aliphatic carbocycles. The van der Waals surface area contributed by atoms with Crippen molar-refractivity contribution in [2.24, 2.45) is 5.73 Å². The van der Waals surface area contributed by atoms with Crippen molar-refractivity contribution in [2.75, 3.05) is 6.54 Å². The van der Waals surface area contributed by atoms with Crippen LogP contribution in [0.5, 0.6) is 0 Å². The summed E-state index contributed by atoms with van der Waals surface area (Å²) >= 11 is 0.360. The third-order valence-corrected chi connectivity index (χ3v) is 5.12. The fourth-order valence-electron chi connectivity index (χ4n) is 2.56. The van der Waals surface area contributed by atoms with E-state index < -0.39 is 59.8 Å². The highest BCUT2D eigenvalue weighted by atomic mass is 32.2. The summed E-state index contributed by atoms with van der Waals surface area (Å²) in [6, 6.07) is -4.82. The topological polar surface area (TPSA) is 133 Å². The zero-order valence-electron chi connectivity index (χ0n) is 19.1. The van der Waals surface area contributed by atoms with Gasteiger partial charge in [-0.25, -0.2) is 0 Å². The average Bonchev–Trinajstić information content (AvgIpc) is 2.78. The Morgan fingerprint density at radius 2 is 2.22 bits per heavy atom. The van der Waals surface area contributed by atoms with Gasteiger partial charge >= 0.3 is 11.9 Å². The lowest BCUT2D eigenvalue weighted by Gasteiger charge is -2.44. The molecule has 1 amide bonds. The van der Waals surface area contributed by atoms with E-state index in [1.807, 2.05) is 0 Å². The number of rotatable bonds is 7. The second kappa shape index (κ2) is 6.66. The van der Waals surface area contributed by atoms with Crippen LogP contribution in [0.1, 0.15) is 42.6 Å². The van der Waals surface area contributed by atoms with Gasteiger partial charge < -0.3 is 21.3 Å². The molecule has 2 aliphatic heterocycles. The standard InChI is InChI=1S/C14H23N3O5S/c1-14(2)10(13(21)22)17-6-8(11(17)23-14)16-9(18)5-3-4-7(15)12(19)20/h7-8,10-11H,3-6,15H2,1-2H3,(H,16,18)(H,19,20)(H,21,22)/t7-,8-,10+,11-/m1/s1/i1D3,2D3,10D,14+1. The molecule has 2 rings (SSSR count). The van der Waals surface area contributed by atoms with Crippen molar-refractivity contribution in [2.45, 2.75) is 61.2 Å². The van der Waals surface area contributed by atoms with Crippen LogP contribution in [-0.2, 0) is 14.4 Å². The molecule has 0 bridgehead atoms. The lowest BCUT2D eigenvalue weighted by molar-refractivity contribution is -0.146. The fraction of sp³-hybridized carbons (Fsp3) is 0.786. The molecular formula is C14H23N3O5S. The van der Waals surface area contributed by atoms with Crippen LogP contribution in [0.2, 0.25) is 0 Å². The van der Waals surface area contributed by atoms with Gasteiger partial charge in [0.2, 0.25) is 5.91 Å². The first kappa shape index (κ1) is 10.5. The predicted molar refractivity (Wildman–Crippen MR) is 85.0 cm³/mol. The molecule has 5 N–H and O–H groups in total. The van der Waals surface area contributed by atoms with Gasteiger partial charge in [0.15, 0.2) is 0 Å². The number of carbonyl (C=O) groups is 3. The Kier molecular flexibility index (Phi) is 3.05. The molecule has 0 saturated carbocycles. The minimum absolute atomic E-state index is 0.0633. The highest BCUT2D eigenvalue weighted by Gasteiger charge is 2.59. The summed E-state index contributed by atoms with van der Waals surface area (Å²) in [6.07, 6.45) is 0.177. The van der Waals surface area contributed by atoms with Gasteiger partial charge in [-0.3, -0.25) is 19.3 Å². The van der Waals surface area contributed by atoms with Gasteiger partial charge in [0.25, 0.3) is 0 Å². The maximum absolute atomic E-state index is 12.1. The van der Waals surface area contributed by atoms with Crippen LogP contribution >= 0.6 is 11.8 Å². The number of nitrogens with two attached hydrogens (primary N) is 1. The van der Waals surface area contributed by atoms with Crippen molar-refractivity contribution in [3.8, 4) is 0 Å². The molecule has 0 unspecified atom stereocenters. The van der Waals surface area contributed by atoms with Crippen molar-refractivity contribution >= 4 is 29.6 Å². The van der Waals surface area contributed by atoms with E-state index in [2.05, 4.69) is 5.32 Å². The van der Waals surface area contributed by atoms with Crippen LogP contribution in [0.25, 0.3) is 0 Å².